The van der Waals surface area contributed by atoms with Crippen molar-refractivity contribution in [1.82, 2.24) is 9.78 Å². The minimum Gasteiger partial charge on any atom is -0.268 e. The Morgan fingerprint density at radius 2 is 1.61 bits per heavy atom. The van der Waals surface area contributed by atoms with Gasteiger partial charge in [-0.3, -0.25) is 9.18 Å². The van der Waals surface area contributed by atoms with Crippen molar-refractivity contribution in [3.8, 4) is 11.1 Å². The largest absolute Gasteiger partial charge is 0.268 e. The van der Waals surface area contributed by atoms with Gasteiger partial charge in [-0.05, 0) is 18.1 Å². The summed E-state index contributed by atoms with van der Waals surface area (Å²) in [4.78, 5) is 12.2. The Hall–Kier alpha value is -2.75. The second-order valence-electron chi connectivity index (χ2n) is 5.09. The number of aryl methyl sites for hydroxylation is 1. The average molecular weight is 310 g/mol. The lowest BCUT2D eigenvalue weighted by molar-refractivity contribution is 0.636. The maximum atomic E-state index is 12.2. The molecule has 23 heavy (non-hydrogen) atoms. The van der Waals surface area contributed by atoms with Gasteiger partial charge in [0, 0.05) is 11.6 Å². The Balaban J connectivity index is 0.000000924. The van der Waals surface area contributed by atoms with Crippen LogP contribution in [-0.4, -0.2) is 17.0 Å². The van der Waals surface area contributed by atoms with E-state index in [0.29, 0.717) is 13.7 Å². The van der Waals surface area contributed by atoms with E-state index in [1.54, 1.807) is 12.3 Å². The SMILES string of the molecule is CF.Cc1ccc(-c2cnn(Cc3ccccc3)c(=O)c2)cc1. The van der Waals surface area contributed by atoms with Crippen LogP contribution in [-0.2, 0) is 6.54 Å². The normalized spacial score (nSPS) is 9.87. The Kier molecular flexibility index (Phi) is 5.80. The highest BCUT2D eigenvalue weighted by molar-refractivity contribution is 5.62. The summed E-state index contributed by atoms with van der Waals surface area (Å²) < 4.78 is 11.0. The van der Waals surface area contributed by atoms with Crippen molar-refractivity contribution in [3.05, 3.63) is 88.3 Å². The van der Waals surface area contributed by atoms with Gasteiger partial charge in [0.05, 0.1) is 19.9 Å². The van der Waals surface area contributed by atoms with E-state index in [1.807, 2.05) is 61.5 Å². The van der Waals surface area contributed by atoms with Crippen molar-refractivity contribution in [1.29, 1.82) is 0 Å². The number of benzene rings is 2. The fourth-order valence-electron chi connectivity index (χ4n) is 2.21. The topological polar surface area (TPSA) is 34.9 Å². The van der Waals surface area contributed by atoms with E-state index in [-0.39, 0.29) is 5.56 Å². The second-order valence-corrected chi connectivity index (χ2v) is 5.09. The Bertz CT molecular complexity index is 796. The lowest BCUT2D eigenvalue weighted by atomic mass is 10.1. The highest BCUT2D eigenvalue weighted by atomic mass is 19.1. The van der Waals surface area contributed by atoms with Crippen molar-refractivity contribution < 1.29 is 4.39 Å². The van der Waals surface area contributed by atoms with Gasteiger partial charge in [-0.25, -0.2) is 4.68 Å². The zero-order chi connectivity index (χ0) is 16.7. The first-order valence-electron chi connectivity index (χ1n) is 7.28. The summed E-state index contributed by atoms with van der Waals surface area (Å²) in [7, 11) is 0.500. The first kappa shape index (κ1) is 16.6. The van der Waals surface area contributed by atoms with E-state index >= 15 is 0 Å². The van der Waals surface area contributed by atoms with Crippen LogP contribution in [0.25, 0.3) is 11.1 Å². The van der Waals surface area contributed by atoms with Crippen LogP contribution in [0.5, 0.6) is 0 Å². The molecule has 118 valence electrons. The lowest BCUT2D eigenvalue weighted by Crippen LogP contribution is -2.22. The Labute approximate surface area is 135 Å². The summed E-state index contributed by atoms with van der Waals surface area (Å²) in [6.45, 7) is 2.54. The van der Waals surface area contributed by atoms with Crippen LogP contribution in [0.2, 0.25) is 0 Å². The fraction of sp³-hybridized carbons (Fsp3) is 0.158. The van der Waals surface area contributed by atoms with Gasteiger partial charge in [-0.15, -0.1) is 0 Å². The minimum absolute atomic E-state index is 0.0862. The maximum Gasteiger partial charge on any atom is 0.267 e. The van der Waals surface area contributed by atoms with Crippen molar-refractivity contribution in [2.75, 3.05) is 7.18 Å². The molecule has 4 heteroatoms. The molecule has 0 aliphatic rings. The Morgan fingerprint density at radius 3 is 2.22 bits per heavy atom. The molecule has 0 atom stereocenters. The molecule has 0 amide bonds. The van der Waals surface area contributed by atoms with Gasteiger partial charge in [-0.1, -0.05) is 60.2 Å². The average Bonchev–Trinajstić information content (AvgIpc) is 2.60. The standard InChI is InChI=1S/C18H16N2O.CH3F/c1-14-7-9-16(10-8-14)17-11-18(21)20(19-12-17)13-15-5-3-2-4-6-15;1-2/h2-12H,13H2,1H3;1H3. The number of hydrogen-bond acceptors (Lipinski definition) is 2. The summed E-state index contributed by atoms with van der Waals surface area (Å²) in [6, 6.07) is 19.6. The number of halogens is 1. The van der Waals surface area contributed by atoms with Crippen LogP contribution < -0.4 is 5.56 Å². The summed E-state index contributed by atoms with van der Waals surface area (Å²) >= 11 is 0. The summed E-state index contributed by atoms with van der Waals surface area (Å²) in [5.41, 5.74) is 4.04. The number of aromatic nitrogens is 2. The zero-order valence-corrected chi connectivity index (χ0v) is 13.2. The molecule has 3 nitrogen and oxygen atoms in total. The molecule has 0 fully saturated rings. The molecule has 3 rings (SSSR count). The maximum absolute atomic E-state index is 12.2. The van der Waals surface area contributed by atoms with E-state index in [0.717, 1.165) is 16.7 Å². The fourth-order valence-corrected chi connectivity index (χ4v) is 2.21. The molecule has 0 saturated carbocycles. The first-order chi connectivity index (χ1) is 11.2. The Morgan fingerprint density at radius 1 is 0.957 bits per heavy atom. The van der Waals surface area contributed by atoms with Crippen LogP contribution in [0, 0.1) is 6.92 Å². The molecule has 2 aromatic carbocycles. The summed E-state index contributed by atoms with van der Waals surface area (Å²) in [5.74, 6) is 0. The number of alkyl halides is 1. The van der Waals surface area contributed by atoms with Crippen LogP contribution in [0.15, 0.2) is 71.7 Å². The van der Waals surface area contributed by atoms with E-state index in [1.165, 1.54) is 10.2 Å². The van der Waals surface area contributed by atoms with Crippen LogP contribution in [0.3, 0.4) is 0 Å². The second kappa shape index (κ2) is 8.03. The minimum atomic E-state index is -0.0862. The van der Waals surface area contributed by atoms with Gasteiger partial charge in [0.2, 0.25) is 0 Å². The molecule has 0 spiro atoms. The third kappa shape index (κ3) is 4.36. The first-order valence-corrected chi connectivity index (χ1v) is 7.28. The van der Waals surface area contributed by atoms with Gasteiger partial charge in [0.25, 0.3) is 5.56 Å². The molecule has 0 saturated heterocycles. The highest BCUT2D eigenvalue weighted by Crippen LogP contribution is 2.16. The highest BCUT2D eigenvalue weighted by Gasteiger charge is 2.03. The van der Waals surface area contributed by atoms with Gasteiger partial charge in [-0.2, -0.15) is 5.10 Å². The van der Waals surface area contributed by atoms with Gasteiger partial charge in [0.15, 0.2) is 0 Å². The molecule has 0 aliphatic carbocycles. The molecule has 1 heterocycles. The molecule has 1 aromatic heterocycles. The third-order valence-electron chi connectivity index (χ3n) is 3.43. The van der Waals surface area contributed by atoms with Crippen LogP contribution in [0.4, 0.5) is 4.39 Å². The molecular weight excluding hydrogens is 291 g/mol. The molecule has 0 bridgehead atoms. The quantitative estimate of drug-likeness (QED) is 0.736. The predicted octanol–water partition coefficient (Wildman–Crippen LogP) is 3.85. The van der Waals surface area contributed by atoms with E-state index in [4.69, 9.17) is 0 Å². The predicted molar refractivity (Wildman–Crippen MR) is 91.2 cm³/mol. The van der Waals surface area contributed by atoms with Crippen LogP contribution in [0.1, 0.15) is 11.1 Å². The van der Waals surface area contributed by atoms with Crippen molar-refractivity contribution in [2.24, 2.45) is 0 Å². The van der Waals surface area contributed by atoms with Gasteiger partial charge >= 0.3 is 0 Å². The summed E-state index contributed by atoms with van der Waals surface area (Å²) in [6.07, 6.45) is 1.75. The smallest absolute Gasteiger partial charge is 0.267 e. The van der Waals surface area contributed by atoms with Crippen molar-refractivity contribution in [2.45, 2.75) is 13.5 Å². The van der Waals surface area contributed by atoms with E-state index in [9.17, 15) is 9.18 Å². The van der Waals surface area contributed by atoms with Gasteiger partial charge in [0.1, 0.15) is 0 Å². The van der Waals surface area contributed by atoms with E-state index in [2.05, 4.69) is 5.10 Å². The molecule has 0 aliphatic heterocycles. The molecule has 0 radical (unpaired) electrons. The van der Waals surface area contributed by atoms with Crippen molar-refractivity contribution in [3.63, 3.8) is 0 Å². The monoisotopic (exact) mass is 310 g/mol. The number of rotatable bonds is 3. The van der Waals surface area contributed by atoms with Crippen molar-refractivity contribution >= 4 is 0 Å². The third-order valence-corrected chi connectivity index (χ3v) is 3.43. The zero-order valence-electron chi connectivity index (χ0n) is 13.2. The van der Waals surface area contributed by atoms with Crippen LogP contribution >= 0.6 is 0 Å². The summed E-state index contributed by atoms with van der Waals surface area (Å²) in [5, 5.41) is 4.28. The molecular formula is C19H19FN2O. The molecule has 3 aromatic rings. The number of hydrogen-bond donors (Lipinski definition) is 0. The molecule has 0 N–H and O–H groups in total. The van der Waals surface area contributed by atoms with Gasteiger partial charge < -0.3 is 0 Å². The molecule has 0 unspecified atom stereocenters. The lowest BCUT2D eigenvalue weighted by Gasteiger charge is -2.06. The van der Waals surface area contributed by atoms with E-state index < -0.39 is 0 Å². The number of nitrogens with zero attached hydrogens (tertiary/aromatic N) is 2.